The highest BCUT2D eigenvalue weighted by Gasteiger charge is 2.57. The van der Waals surface area contributed by atoms with E-state index in [0.29, 0.717) is 24.7 Å². The molecule has 0 aromatic heterocycles. The van der Waals surface area contributed by atoms with Crippen molar-refractivity contribution < 1.29 is 68.4 Å². The predicted molar refractivity (Wildman–Crippen MR) is 401 cm³/mol. The molecule has 528 valence electrons. The van der Waals surface area contributed by atoms with E-state index >= 15 is 0 Å². The molecule has 0 aliphatic carbocycles. The molecule has 0 bridgehead atoms. The summed E-state index contributed by atoms with van der Waals surface area (Å²) in [6.45, 7) is 28.7. The number of phenolic OH excluding ortho intramolecular Hbond substituents is 1. The molecule has 0 saturated carbocycles. The number of hydrogen-bond donors (Lipinski definition) is 2. The Morgan fingerprint density at radius 2 is 0.806 bits per heavy atom. The number of carbonyl (C=O) groups excluding carboxylic acids is 1. The Bertz CT molecular complexity index is 2960. The number of ether oxygens (including phenoxy) is 5. The van der Waals surface area contributed by atoms with E-state index in [1.165, 1.54) is 5.56 Å². The first-order valence-corrected chi connectivity index (χ1v) is 42.2. The van der Waals surface area contributed by atoms with Gasteiger partial charge in [-0.3, -0.25) is 0 Å². The molecular weight excluding hydrogens is 1260 g/mol. The summed E-state index contributed by atoms with van der Waals surface area (Å²) in [5.74, 6) is 3.65. The molecule has 6 aromatic rings. The lowest BCUT2D eigenvalue weighted by Gasteiger charge is -2.41. The van der Waals surface area contributed by atoms with Gasteiger partial charge in [0.1, 0.15) is 41.1 Å². The molecule has 0 saturated heterocycles. The summed E-state index contributed by atoms with van der Waals surface area (Å²) in [4.78, 5) is 12.4. The maximum Gasteiger partial charge on any atom is 0.661 e. The normalized spacial score (nSPS) is 11.9. The van der Waals surface area contributed by atoms with Crippen molar-refractivity contribution in [3.05, 3.63) is 179 Å². The fourth-order valence-electron chi connectivity index (χ4n) is 10.0. The third-order valence-corrected chi connectivity index (χ3v) is 32.8. The molecule has 0 radical (unpaired) electrons. The molecule has 1 unspecified atom stereocenters. The van der Waals surface area contributed by atoms with Crippen molar-refractivity contribution in [1.82, 2.24) is 0 Å². The largest absolute Gasteiger partial charge is 0.661 e. The van der Waals surface area contributed by atoms with Crippen LogP contribution in [0.5, 0.6) is 34.5 Å². The molecule has 15 nitrogen and oxygen atoms in total. The highest BCUT2D eigenvalue weighted by atomic mass is 28.5. The molecule has 0 amide bonds. The van der Waals surface area contributed by atoms with E-state index < -0.39 is 49.2 Å². The number of aliphatic hydroxyl groups is 1. The maximum atomic E-state index is 12.4. The van der Waals surface area contributed by atoms with Gasteiger partial charge < -0.3 is 63.6 Å². The van der Waals surface area contributed by atoms with Crippen LogP contribution in [-0.2, 0) is 53.4 Å². The van der Waals surface area contributed by atoms with Crippen LogP contribution in [0.3, 0.4) is 0 Å². The first-order chi connectivity index (χ1) is 40.2. The van der Waals surface area contributed by atoms with Crippen LogP contribution >= 0.6 is 0 Å². The van der Waals surface area contributed by atoms with Crippen molar-refractivity contribution in [2.24, 2.45) is 0 Å². The minimum atomic E-state index is -3.62. The van der Waals surface area contributed by atoms with E-state index in [-0.39, 0.29) is 89.2 Å². The second kappa shape index (κ2) is 42.9. The summed E-state index contributed by atoms with van der Waals surface area (Å²) < 4.78 is 72.4. The molecule has 6 rings (SSSR count). The molecule has 0 spiro atoms. The minimum absolute atomic E-state index is 0. The van der Waals surface area contributed by atoms with E-state index in [4.69, 9.17) is 58.5 Å². The van der Waals surface area contributed by atoms with Crippen LogP contribution in [0.1, 0.15) is 147 Å². The van der Waals surface area contributed by atoms with Crippen LogP contribution < -0.4 is 23.7 Å². The van der Waals surface area contributed by atoms with Gasteiger partial charge in [0.25, 0.3) is 0 Å². The molecule has 20 heteroatoms. The number of hydrogen-bond acceptors (Lipinski definition) is 15. The predicted octanol–water partition coefficient (Wildman–Crippen LogP) is 20.3. The zero-order valence-corrected chi connectivity index (χ0v) is 58.1. The Morgan fingerprint density at radius 1 is 0.441 bits per heavy atom. The summed E-state index contributed by atoms with van der Waals surface area (Å²) in [5.41, 5.74) is 6.18. The first-order valence-electron chi connectivity index (χ1n) is 29.3. The molecule has 0 heterocycles. The summed E-state index contributed by atoms with van der Waals surface area (Å²) in [5, 5.41) is 18.7. The smallest absolute Gasteiger partial charge is 0.508 e. The topological polar surface area (TPSA) is 168 Å². The number of rotatable bonds is 32. The molecule has 2 N–H and O–H groups in total. The van der Waals surface area contributed by atoms with Crippen molar-refractivity contribution in [3.63, 3.8) is 0 Å². The minimum Gasteiger partial charge on any atom is -0.508 e. The van der Waals surface area contributed by atoms with Crippen molar-refractivity contribution in [1.29, 1.82) is 0 Å². The van der Waals surface area contributed by atoms with Gasteiger partial charge in [0.2, 0.25) is 0 Å². The van der Waals surface area contributed by atoms with E-state index in [0.717, 1.165) is 82.8 Å². The zero-order valence-electron chi connectivity index (χ0n) is 53.1. The number of benzene rings is 6. The number of carbonyl (C=O) groups is 1. The van der Waals surface area contributed by atoms with Crippen LogP contribution in [0.15, 0.2) is 146 Å². The number of phenols is 1. The van der Waals surface area contributed by atoms with Gasteiger partial charge >= 0.3 is 32.6 Å². The highest BCUT2D eigenvalue weighted by molar-refractivity contribution is 6.87. The molecule has 6 aromatic carbocycles. The van der Waals surface area contributed by atoms with Gasteiger partial charge in [-0.2, -0.15) is 0 Å². The fraction of sp³-hybridized carbons (Fsp3) is 0.493. The lowest BCUT2D eigenvalue weighted by molar-refractivity contribution is 0.0441. The Hall–Kier alpha value is -5.45. The number of aryl methyl sites for hydroxylation is 2. The molecular formula is C73H126O15Si5. The number of para-hydroxylation sites is 2. The van der Waals surface area contributed by atoms with Gasteiger partial charge in [0, 0.05) is 38.7 Å². The van der Waals surface area contributed by atoms with Gasteiger partial charge in [-0.25, -0.2) is 4.79 Å². The average molecular weight is 1380 g/mol. The van der Waals surface area contributed by atoms with Crippen LogP contribution in [0.25, 0.3) is 0 Å². The zero-order chi connectivity index (χ0) is 62.5. The van der Waals surface area contributed by atoms with Crippen molar-refractivity contribution >= 4 is 49.2 Å². The second-order valence-electron chi connectivity index (χ2n) is 23.5. The monoisotopic (exact) mass is 1380 g/mol. The summed E-state index contributed by atoms with van der Waals surface area (Å²) >= 11 is 0. The Morgan fingerprint density at radius 3 is 1.18 bits per heavy atom. The number of aliphatic hydroxyl groups excluding tert-OH is 1. The highest BCUT2D eigenvalue weighted by Crippen LogP contribution is 2.36. The lowest BCUT2D eigenvalue weighted by atomic mass is 9.78. The van der Waals surface area contributed by atoms with Crippen LogP contribution in [0.2, 0.25) is 57.9 Å². The molecule has 0 fully saturated rings. The van der Waals surface area contributed by atoms with Crippen molar-refractivity contribution in [2.45, 2.75) is 195 Å². The third-order valence-electron chi connectivity index (χ3n) is 14.6. The van der Waals surface area contributed by atoms with Gasteiger partial charge in [0.15, 0.2) is 16.6 Å². The Balaban J connectivity index is -0.000000796. The maximum absolute atomic E-state index is 12.4. The molecule has 0 aliphatic rings. The fourth-order valence-corrected chi connectivity index (χ4v) is 30.1. The van der Waals surface area contributed by atoms with Crippen molar-refractivity contribution in [3.8, 4) is 34.5 Å². The van der Waals surface area contributed by atoms with E-state index in [1.807, 2.05) is 118 Å². The van der Waals surface area contributed by atoms with Gasteiger partial charge in [-0.1, -0.05) is 172 Å². The molecule has 0 aliphatic heterocycles. The third kappa shape index (κ3) is 29.2. The Kier molecular flexibility index (Phi) is 43.3. The van der Waals surface area contributed by atoms with Crippen LogP contribution in [-0.4, -0.2) is 107 Å². The van der Waals surface area contributed by atoms with Gasteiger partial charge in [-0.05, 0) is 185 Å². The van der Waals surface area contributed by atoms with Crippen LogP contribution in [0.4, 0.5) is 4.79 Å². The lowest BCUT2D eigenvalue weighted by Crippen LogP contribution is -2.64. The second-order valence-corrected chi connectivity index (χ2v) is 41.5. The quantitative estimate of drug-likeness (QED) is 0.0232. The number of aromatic hydroxyl groups is 1. The van der Waals surface area contributed by atoms with E-state index in [2.05, 4.69) is 78.1 Å². The summed E-state index contributed by atoms with van der Waals surface area (Å²) in [7, 11) is -9.40. The SMILES string of the molecule is C.C.C.C.C.C.C.C.CCOc1ccc(C(C)(C)c2ccc(OC(=O)Oc3ccc(C(C)(C)c4ccc(O)cc4)cc3)cc2)cc1.CCOc1ccccc1CCC[Si](C)(C)O[Si](OC)(OC)O[Si](C)(OC)O[Si](C)(C)O[Si](C)(C)CCCc1ccccc1OCCO. The average Bonchev–Trinajstić information content (AvgIpc) is 0.822. The first kappa shape index (κ1) is 94.0. The van der Waals surface area contributed by atoms with E-state index in [1.54, 1.807) is 57.7 Å². The van der Waals surface area contributed by atoms with Crippen LogP contribution in [0, 0.1) is 0 Å². The van der Waals surface area contributed by atoms with Gasteiger partial charge in [0.05, 0.1) is 19.8 Å². The molecule has 1 atom stereocenters. The summed E-state index contributed by atoms with van der Waals surface area (Å²) in [6, 6.07) is 48.1. The van der Waals surface area contributed by atoms with E-state index in [9.17, 15) is 9.90 Å². The van der Waals surface area contributed by atoms with Crippen molar-refractivity contribution in [2.75, 3.05) is 47.8 Å². The standard InChI is InChI=1S/C33H34O5.C32H60O10Si5.8CH4/c1-6-36-28-17-9-24(10-18-28)33(4,5)26-13-21-30(22-14-26)38-31(35)37-29-19-11-25(12-20-29)32(2,3)23-7-15-27(34)16-8-23;1-12-37-31-23-15-13-19-29(31)21-18-28-44(7,8)40-47(35-3,36-4)42-46(11,34-2)41-45(9,10)39-43(5,6)27-17-22-30-20-14-16-24-32(30)38-26-25-33;;;;;;;;/h7-22,34H,6H2,1-5H3;13-16,19-20,23-24,33H,12,17-18,21-22,25-28H2,1-11H3;8*1H4. The van der Waals surface area contributed by atoms with Gasteiger partial charge in [-0.15, -0.1) is 0 Å². The summed E-state index contributed by atoms with van der Waals surface area (Å²) in [6.07, 6.45) is 2.84. The molecule has 93 heavy (non-hydrogen) atoms. The Labute approximate surface area is 571 Å².